The van der Waals surface area contributed by atoms with Crippen LogP contribution in [0.2, 0.25) is 5.02 Å². The van der Waals surface area contributed by atoms with E-state index in [1.807, 2.05) is 23.9 Å². The Balaban J connectivity index is 2.72. The molecule has 0 N–H and O–H groups in total. The van der Waals surface area contributed by atoms with E-state index in [2.05, 4.69) is 28.9 Å². The summed E-state index contributed by atoms with van der Waals surface area (Å²) in [7, 11) is 0. The minimum Gasteiger partial charge on any atom is -0.157 e. The largest absolute Gasteiger partial charge is 0.157 e. The van der Waals surface area contributed by atoms with Gasteiger partial charge in [0.15, 0.2) is 0 Å². The molecule has 1 aromatic carbocycles. The Morgan fingerprint density at radius 3 is 2.83 bits per heavy atom. The third kappa shape index (κ3) is 3.00. The Hall–Kier alpha value is 0.340. The lowest BCUT2D eigenvalue weighted by Gasteiger charge is -2.02. The molecule has 0 nitrogen and oxygen atoms in total. The van der Waals surface area contributed by atoms with Gasteiger partial charge in [-0.25, -0.2) is 0 Å². The van der Waals surface area contributed by atoms with E-state index in [0.29, 0.717) is 0 Å². The summed E-state index contributed by atoms with van der Waals surface area (Å²) in [6, 6.07) is 5.93. The van der Waals surface area contributed by atoms with Crippen molar-refractivity contribution < 1.29 is 0 Å². The molecule has 66 valence electrons. The van der Waals surface area contributed by atoms with Crippen LogP contribution < -0.4 is 0 Å². The Morgan fingerprint density at radius 1 is 1.50 bits per heavy atom. The van der Waals surface area contributed by atoms with Gasteiger partial charge in [0.25, 0.3) is 0 Å². The fraction of sp³-hybridized carbons (Fsp3) is 0.333. The molecule has 3 heteroatoms. The Labute approximate surface area is 90.8 Å². The highest BCUT2D eigenvalue weighted by atomic mass is 79.9. The molecule has 1 rings (SSSR count). The molecule has 0 aliphatic heterocycles. The van der Waals surface area contributed by atoms with Crippen molar-refractivity contribution >= 4 is 39.3 Å². The second-order valence-corrected chi connectivity index (χ2v) is 4.94. The molecule has 0 heterocycles. The van der Waals surface area contributed by atoms with E-state index in [9.17, 15) is 0 Å². The number of hydrogen-bond donors (Lipinski definition) is 0. The van der Waals surface area contributed by atoms with Gasteiger partial charge >= 0.3 is 0 Å². The maximum absolute atomic E-state index is 5.81. The summed E-state index contributed by atoms with van der Waals surface area (Å²) < 4.78 is 1.11. The molecule has 0 bridgehead atoms. The number of hydrogen-bond acceptors (Lipinski definition) is 1. The summed E-state index contributed by atoms with van der Waals surface area (Å²) in [5, 5.41) is 0.784. The molecule has 0 aliphatic rings. The highest BCUT2D eigenvalue weighted by molar-refractivity contribution is 9.10. The minimum absolute atomic E-state index is 0.784. The van der Waals surface area contributed by atoms with Gasteiger partial charge < -0.3 is 0 Å². The first kappa shape index (κ1) is 10.4. The number of rotatable bonds is 3. The zero-order valence-electron chi connectivity index (χ0n) is 6.81. The predicted molar refractivity (Wildman–Crippen MR) is 61.0 cm³/mol. The van der Waals surface area contributed by atoms with Crippen molar-refractivity contribution in [2.24, 2.45) is 0 Å². The van der Waals surface area contributed by atoms with E-state index in [1.54, 1.807) is 0 Å². The van der Waals surface area contributed by atoms with Crippen molar-refractivity contribution in [3.8, 4) is 0 Å². The van der Waals surface area contributed by atoms with Crippen molar-refractivity contribution in [2.45, 2.75) is 12.7 Å². The highest BCUT2D eigenvalue weighted by Gasteiger charge is 1.99. The van der Waals surface area contributed by atoms with Gasteiger partial charge in [-0.2, -0.15) is 11.8 Å². The van der Waals surface area contributed by atoms with E-state index in [0.717, 1.165) is 21.0 Å². The van der Waals surface area contributed by atoms with Crippen LogP contribution in [0.1, 0.15) is 12.5 Å². The molecule has 0 fully saturated rings. The van der Waals surface area contributed by atoms with Gasteiger partial charge in [-0.3, -0.25) is 0 Å². The SMILES string of the molecule is CCSCc1ccc(Cl)cc1Br. The van der Waals surface area contributed by atoms with E-state index in [-0.39, 0.29) is 0 Å². The zero-order valence-corrected chi connectivity index (χ0v) is 9.97. The first-order chi connectivity index (χ1) is 5.74. The zero-order chi connectivity index (χ0) is 8.97. The molecule has 1 aromatic rings. The molecular weight excluding hydrogens is 256 g/mol. The second-order valence-electron chi connectivity index (χ2n) is 2.37. The normalized spacial score (nSPS) is 10.2. The van der Waals surface area contributed by atoms with Gasteiger partial charge in [-0.1, -0.05) is 40.5 Å². The second kappa shape index (κ2) is 5.15. The summed E-state index contributed by atoms with van der Waals surface area (Å²) in [6.45, 7) is 2.16. The van der Waals surface area contributed by atoms with Gasteiger partial charge in [0.2, 0.25) is 0 Å². The van der Waals surface area contributed by atoms with Crippen LogP contribution in [0.5, 0.6) is 0 Å². The van der Waals surface area contributed by atoms with E-state index in [4.69, 9.17) is 11.6 Å². The Morgan fingerprint density at radius 2 is 2.25 bits per heavy atom. The summed E-state index contributed by atoms with van der Waals surface area (Å²) in [4.78, 5) is 0. The van der Waals surface area contributed by atoms with Gasteiger partial charge in [0.05, 0.1) is 0 Å². The van der Waals surface area contributed by atoms with E-state index >= 15 is 0 Å². The van der Waals surface area contributed by atoms with Crippen molar-refractivity contribution in [1.29, 1.82) is 0 Å². The fourth-order valence-electron chi connectivity index (χ4n) is 0.851. The van der Waals surface area contributed by atoms with Crippen LogP contribution >= 0.6 is 39.3 Å². The lowest BCUT2D eigenvalue weighted by atomic mass is 10.2. The maximum atomic E-state index is 5.81. The lowest BCUT2D eigenvalue weighted by molar-refractivity contribution is 1.37. The molecule has 0 spiro atoms. The summed E-state index contributed by atoms with van der Waals surface area (Å²) in [5.41, 5.74) is 1.31. The van der Waals surface area contributed by atoms with Crippen molar-refractivity contribution in [3.63, 3.8) is 0 Å². The quantitative estimate of drug-likeness (QED) is 0.783. The molecule has 0 atom stereocenters. The number of benzene rings is 1. The smallest absolute Gasteiger partial charge is 0.0417 e. The minimum atomic E-state index is 0.784. The molecular formula is C9H10BrClS. The molecule has 0 unspecified atom stereocenters. The standard InChI is InChI=1S/C9H10BrClS/c1-2-12-6-7-3-4-8(11)5-9(7)10/h3-5H,2,6H2,1H3. The third-order valence-electron chi connectivity index (χ3n) is 1.48. The Bertz CT molecular complexity index is 263. The van der Waals surface area contributed by atoms with E-state index in [1.165, 1.54) is 5.56 Å². The van der Waals surface area contributed by atoms with Crippen LogP contribution in [-0.2, 0) is 5.75 Å². The number of halogens is 2. The van der Waals surface area contributed by atoms with Gasteiger partial charge in [-0.05, 0) is 23.4 Å². The summed E-state index contributed by atoms with van der Waals surface area (Å²) >= 11 is 11.2. The monoisotopic (exact) mass is 264 g/mol. The van der Waals surface area contributed by atoms with Crippen LogP contribution in [0.4, 0.5) is 0 Å². The lowest BCUT2D eigenvalue weighted by Crippen LogP contribution is -1.82. The van der Waals surface area contributed by atoms with Crippen LogP contribution in [0, 0.1) is 0 Å². The first-order valence-corrected chi connectivity index (χ1v) is 6.08. The van der Waals surface area contributed by atoms with Crippen LogP contribution in [-0.4, -0.2) is 5.75 Å². The molecule has 0 aromatic heterocycles. The molecule has 0 radical (unpaired) electrons. The van der Waals surface area contributed by atoms with Crippen LogP contribution in [0.15, 0.2) is 22.7 Å². The average molecular weight is 266 g/mol. The topological polar surface area (TPSA) is 0 Å². The molecule has 0 amide bonds. The summed E-state index contributed by atoms with van der Waals surface area (Å²) in [6.07, 6.45) is 0. The van der Waals surface area contributed by atoms with Crippen molar-refractivity contribution in [3.05, 3.63) is 33.3 Å². The fourth-order valence-corrected chi connectivity index (χ4v) is 2.53. The highest BCUT2D eigenvalue weighted by Crippen LogP contribution is 2.24. The first-order valence-electron chi connectivity index (χ1n) is 3.75. The molecule has 0 saturated heterocycles. The van der Waals surface area contributed by atoms with Crippen molar-refractivity contribution in [1.82, 2.24) is 0 Å². The maximum Gasteiger partial charge on any atom is 0.0417 e. The van der Waals surface area contributed by atoms with Crippen LogP contribution in [0.25, 0.3) is 0 Å². The molecule has 12 heavy (non-hydrogen) atoms. The predicted octanol–water partition coefficient (Wildman–Crippen LogP) is 4.36. The third-order valence-corrected chi connectivity index (χ3v) is 3.37. The summed E-state index contributed by atoms with van der Waals surface area (Å²) in [5.74, 6) is 2.20. The van der Waals surface area contributed by atoms with Gasteiger partial charge in [-0.15, -0.1) is 0 Å². The van der Waals surface area contributed by atoms with Crippen LogP contribution in [0.3, 0.4) is 0 Å². The van der Waals surface area contributed by atoms with Gasteiger partial charge in [0, 0.05) is 15.2 Å². The van der Waals surface area contributed by atoms with Crippen molar-refractivity contribution in [2.75, 3.05) is 5.75 Å². The van der Waals surface area contributed by atoms with E-state index < -0.39 is 0 Å². The molecule has 0 saturated carbocycles. The number of thioether (sulfide) groups is 1. The average Bonchev–Trinajstić information content (AvgIpc) is 2.03. The Kier molecular flexibility index (Phi) is 4.47. The van der Waals surface area contributed by atoms with Gasteiger partial charge in [0.1, 0.15) is 0 Å². The molecule has 0 aliphatic carbocycles.